The van der Waals surface area contributed by atoms with Gasteiger partial charge in [-0.2, -0.15) is 0 Å². The molecule has 0 spiro atoms. The molecule has 0 aromatic carbocycles. The van der Waals surface area contributed by atoms with Crippen LogP contribution in [0.15, 0.2) is 0 Å². The summed E-state index contributed by atoms with van der Waals surface area (Å²) in [7, 11) is -9.92. The van der Waals surface area contributed by atoms with Crippen LogP contribution in [0.3, 0.4) is 0 Å². The van der Waals surface area contributed by atoms with Crippen molar-refractivity contribution in [1.82, 2.24) is 0 Å². The van der Waals surface area contributed by atoms with Gasteiger partial charge in [0.15, 0.2) is 12.2 Å². The van der Waals surface area contributed by atoms with E-state index >= 15 is 0 Å². The van der Waals surface area contributed by atoms with Crippen LogP contribution in [0.1, 0.15) is 408 Å². The zero-order chi connectivity index (χ0) is 72.3. The fourth-order valence-corrected chi connectivity index (χ4v) is 13.7. The molecule has 0 aliphatic rings. The maximum Gasteiger partial charge on any atom is 0.472 e. The van der Waals surface area contributed by atoms with E-state index in [9.17, 15) is 43.2 Å². The molecule has 0 fully saturated rings. The first-order valence-electron chi connectivity index (χ1n) is 40.8. The molecule has 582 valence electrons. The Kier molecular flexibility index (Phi) is 68.1. The predicted molar refractivity (Wildman–Crippen MR) is 400 cm³/mol. The summed E-state index contributed by atoms with van der Waals surface area (Å²) in [4.78, 5) is 72.9. The van der Waals surface area contributed by atoms with Crippen LogP contribution in [-0.2, 0) is 65.4 Å². The lowest BCUT2D eigenvalue weighted by Gasteiger charge is -2.21. The number of phosphoric acid groups is 2. The van der Waals surface area contributed by atoms with E-state index in [1.807, 2.05) is 0 Å². The van der Waals surface area contributed by atoms with Crippen LogP contribution >= 0.6 is 15.6 Å². The van der Waals surface area contributed by atoms with Crippen LogP contribution in [0.5, 0.6) is 0 Å². The molecule has 0 radical (unpaired) electrons. The minimum atomic E-state index is -4.96. The van der Waals surface area contributed by atoms with Crippen molar-refractivity contribution in [2.75, 3.05) is 39.6 Å². The highest BCUT2D eigenvalue weighted by Gasteiger charge is 2.30. The zero-order valence-corrected chi connectivity index (χ0v) is 66.0. The molecular formula is C79H154O17P2. The van der Waals surface area contributed by atoms with Crippen LogP contribution in [0, 0.1) is 17.8 Å². The monoisotopic (exact) mass is 1440 g/mol. The van der Waals surface area contributed by atoms with Crippen molar-refractivity contribution in [3.8, 4) is 0 Å². The minimum absolute atomic E-state index is 0.106. The topological polar surface area (TPSA) is 237 Å². The van der Waals surface area contributed by atoms with Gasteiger partial charge in [0.2, 0.25) is 0 Å². The molecular weight excluding hydrogens is 1280 g/mol. The predicted octanol–water partition coefficient (Wildman–Crippen LogP) is 23.4. The van der Waals surface area contributed by atoms with Crippen molar-refractivity contribution in [1.29, 1.82) is 0 Å². The van der Waals surface area contributed by atoms with Gasteiger partial charge in [0.1, 0.15) is 19.3 Å². The number of hydrogen-bond acceptors (Lipinski definition) is 15. The second-order valence-corrected chi connectivity index (χ2v) is 32.8. The van der Waals surface area contributed by atoms with Gasteiger partial charge in [-0.05, 0) is 43.4 Å². The van der Waals surface area contributed by atoms with E-state index in [-0.39, 0.29) is 25.7 Å². The number of ether oxygens (including phenoxy) is 4. The molecule has 0 aliphatic carbocycles. The van der Waals surface area contributed by atoms with E-state index in [0.717, 1.165) is 108 Å². The number of hydrogen-bond donors (Lipinski definition) is 3. The highest BCUT2D eigenvalue weighted by atomic mass is 31.2. The van der Waals surface area contributed by atoms with E-state index in [1.165, 1.54) is 212 Å². The van der Waals surface area contributed by atoms with Crippen molar-refractivity contribution >= 4 is 39.5 Å². The highest BCUT2D eigenvalue weighted by molar-refractivity contribution is 7.47. The fourth-order valence-electron chi connectivity index (χ4n) is 12.1. The SMILES string of the molecule is CCCCCCCCCCCCCCCCCCCC(=O)OC[C@H](COP(=O)(O)OC[C@@H](O)COP(=O)(O)OC[C@@H](COC(=O)CCCCCCCCC(C)C)OC(=O)CCCCCCCCCCCCCCC(C)C)OC(=O)CCCCCCCCCCCCCCCCC(C)C. The maximum absolute atomic E-state index is 13.1. The third-order valence-electron chi connectivity index (χ3n) is 18.4. The van der Waals surface area contributed by atoms with E-state index in [2.05, 4.69) is 48.5 Å². The van der Waals surface area contributed by atoms with Crippen LogP contribution in [0.4, 0.5) is 0 Å². The molecule has 0 bridgehead atoms. The van der Waals surface area contributed by atoms with Crippen LogP contribution in [-0.4, -0.2) is 96.7 Å². The average Bonchev–Trinajstić information content (AvgIpc) is 0.952. The Morgan fingerprint density at radius 2 is 0.469 bits per heavy atom. The summed E-state index contributed by atoms with van der Waals surface area (Å²) < 4.78 is 68.6. The first-order chi connectivity index (χ1) is 47.2. The second kappa shape index (κ2) is 69.4. The van der Waals surface area contributed by atoms with Gasteiger partial charge < -0.3 is 33.8 Å². The minimum Gasteiger partial charge on any atom is -0.462 e. The molecule has 0 rings (SSSR count). The summed E-state index contributed by atoms with van der Waals surface area (Å²) in [6.45, 7) is 11.9. The van der Waals surface area contributed by atoms with E-state index in [4.69, 9.17) is 37.0 Å². The summed E-state index contributed by atoms with van der Waals surface area (Å²) in [6, 6.07) is 0. The first-order valence-corrected chi connectivity index (χ1v) is 43.8. The zero-order valence-electron chi connectivity index (χ0n) is 64.3. The molecule has 0 amide bonds. The van der Waals surface area contributed by atoms with Crippen molar-refractivity contribution < 1.29 is 80.2 Å². The average molecular weight is 1440 g/mol. The smallest absolute Gasteiger partial charge is 0.462 e. The van der Waals surface area contributed by atoms with Crippen molar-refractivity contribution in [3.05, 3.63) is 0 Å². The summed E-state index contributed by atoms with van der Waals surface area (Å²) in [5.41, 5.74) is 0. The van der Waals surface area contributed by atoms with Gasteiger partial charge in [-0.1, -0.05) is 357 Å². The van der Waals surface area contributed by atoms with Crippen molar-refractivity contribution in [2.45, 2.75) is 426 Å². The summed E-state index contributed by atoms with van der Waals surface area (Å²) in [6.07, 6.45) is 57.0. The molecule has 17 nitrogen and oxygen atoms in total. The Morgan fingerprint density at radius 1 is 0.276 bits per heavy atom. The first kappa shape index (κ1) is 96.1. The molecule has 0 saturated heterocycles. The van der Waals surface area contributed by atoms with Gasteiger partial charge in [-0.15, -0.1) is 0 Å². The Balaban J connectivity index is 5.23. The molecule has 5 atom stereocenters. The largest absolute Gasteiger partial charge is 0.472 e. The van der Waals surface area contributed by atoms with Gasteiger partial charge in [0.05, 0.1) is 26.4 Å². The van der Waals surface area contributed by atoms with Crippen LogP contribution in [0.25, 0.3) is 0 Å². The van der Waals surface area contributed by atoms with Gasteiger partial charge >= 0.3 is 39.5 Å². The van der Waals surface area contributed by atoms with E-state index in [1.54, 1.807) is 0 Å². The summed E-state index contributed by atoms with van der Waals surface area (Å²) >= 11 is 0. The highest BCUT2D eigenvalue weighted by Crippen LogP contribution is 2.45. The number of aliphatic hydroxyl groups is 1. The number of phosphoric ester groups is 2. The molecule has 3 N–H and O–H groups in total. The summed E-state index contributed by atoms with van der Waals surface area (Å²) in [5, 5.41) is 10.6. The summed E-state index contributed by atoms with van der Waals surface area (Å²) in [5.74, 6) is 0.136. The van der Waals surface area contributed by atoms with Gasteiger partial charge in [-0.3, -0.25) is 37.3 Å². The lowest BCUT2D eigenvalue weighted by Crippen LogP contribution is -2.30. The third-order valence-corrected chi connectivity index (χ3v) is 20.3. The number of rotatable bonds is 77. The lowest BCUT2D eigenvalue weighted by molar-refractivity contribution is -0.161. The van der Waals surface area contributed by atoms with Crippen molar-refractivity contribution in [2.24, 2.45) is 17.8 Å². The van der Waals surface area contributed by atoms with Crippen LogP contribution in [0.2, 0.25) is 0 Å². The molecule has 19 heteroatoms. The van der Waals surface area contributed by atoms with E-state index in [0.29, 0.717) is 31.6 Å². The fraction of sp³-hybridized carbons (Fsp3) is 0.949. The van der Waals surface area contributed by atoms with Gasteiger partial charge in [-0.25, -0.2) is 9.13 Å². The molecule has 0 saturated carbocycles. The number of carbonyl (C=O) groups excluding carboxylic acids is 4. The quantitative estimate of drug-likeness (QED) is 0.0222. The molecule has 98 heavy (non-hydrogen) atoms. The normalized spacial score (nSPS) is 14.0. The third kappa shape index (κ3) is 72.4. The van der Waals surface area contributed by atoms with Gasteiger partial charge in [0.25, 0.3) is 0 Å². The Morgan fingerprint density at radius 3 is 0.694 bits per heavy atom. The molecule has 0 aliphatic heterocycles. The molecule has 0 aromatic rings. The standard InChI is InChI=1S/C79H154O17P2/c1-8-9-10-11-12-13-14-15-16-17-18-22-28-33-38-46-53-60-76(81)89-66-74(95-78(83)62-55-48-39-34-29-23-20-19-21-26-31-36-43-50-57-70(2)3)68-93-97(85,86)91-64-73(80)65-92-98(87,88)94-69-75(67-90-77(82)61-54-47-42-41-45-52-59-72(6)7)96-79(84)63-56-49-40-35-30-25-24-27-32-37-44-51-58-71(4)5/h70-75,80H,8-69H2,1-7H3,(H,85,86)(H,87,88)/t73-,74-,75-/m1/s1. The molecule has 0 aromatic heterocycles. The Bertz CT molecular complexity index is 1900. The number of unbranched alkanes of at least 4 members (excludes halogenated alkanes) is 45. The van der Waals surface area contributed by atoms with E-state index < -0.39 is 97.5 Å². The number of esters is 4. The number of aliphatic hydroxyl groups excluding tert-OH is 1. The number of carbonyl (C=O) groups is 4. The second-order valence-electron chi connectivity index (χ2n) is 29.9. The molecule has 0 heterocycles. The lowest BCUT2D eigenvalue weighted by atomic mass is 10.0. The van der Waals surface area contributed by atoms with Gasteiger partial charge in [0, 0.05) is 25.7 Å². The maximum atomic E-state index is 13.1. The van der Waals surface area contributed by atoms with Crippen molar-refractivity contribution in [3.63, 3.8) is 0 Å². The Hall–Kier alpha value is -1.94. The van der Waals surface area contributed by atoms with Crippen LogP contribution < -0.4 is 0 Å². The molecule has 2 unspecified atom stereocenters. The Labute approximate surface area is 600 Å².